The summed E-state index contributed by atoms with van der Waals surface area (Å²) >= 11 is 11.6. The van der Waals surface area contributed by atoms with E-state index >= 15 is 0 Å². The first-order valence-corrected chi connectivity index (χ1v) is 9.39. The molecule has 0 N–H and O–H groups in total. The lowest BCUT2D eigenvalue weighted by Gasteiger charge is -2.06. The summed E-state index contributed by atoms with van der Waals surface area (Å²) in [6.07, 6.45) is 0.398. The number of fused-ring (bicyclic) bond motifs is 1. The molecule has 4 aromatic rings. The fourth-order valence-electron chi connectivity index (χ4n) is 2.80. The van der Waals surface area contributed by atoms with Crippen LogP contribution in [0.1, 0.15) is 12.2 Å². The smallest absolute Gasteiger partial charge is 0.344 e. The van der Waals surface area contributed by atoms with Gasteiger partial charge in [0.15, 0.2) is 5.15 Å². The van der Waals surface area contributed by atoms with Crippen LogP contribution in [0.25, 0.3) is 22.1 Å². The van der Waals surface area contributed by atoms with Crippen LogP contribution in [-0.2, 0) is 11.2 Å². The Hall–Kier alpha value is -3.09. The minimum absolute atomic E-state index is 0.0863. The summed E-state index contributed by atoms with van der Waals surface area (Å²) in [7, 11) is 0. The molecular weight excluding hydrogens is 417 g/mol. The first-order chi connectivity index (χ1) is 14.0. The summed E-state index contributed by atoms with van der Waals surface area (Å²) in [5.74, 6) is 0.309. The number of carbonyl (C=O) groups is 1. The number of benzene rings is 2. The molecule has 146 valence electrons. The third-order valence-corrected chi connectivity index (χ3v) is 4.63. The highest BCUT2D eigenvalue weighted by atomic mass is 35.5. The molecule has 0 atom stereocenters. The van der Waals surface area contributed by atoms with E-state index in [1.165, 1.54) is 12.1 Å². The summed E-state index contributed by atoms with van der Waals surface area (Å²) in [5, 5.41) is 5.06. The van der Waals surface area contributed by atoms with E-state index < -0.39 is 11.6 Å². The largest absolute Gasteiger partial charge is 0.426 e. The molecule has 29 heavy (non-hydrogen) atoms. The molecule has 0 unspecified atom stereocenters. The third kappa shape index (κ3) is 4.50. The second-order valence-corrected chi connectivity index (χ2v) is 7.07. The van der Waals surface area contributed by atoms with Gasteiger partial charge in [-0.05, 0) is 35.9 Å². The van der Waals surface area contributed by atoms with Crippen molar-refractivity contribution in [3.63, 3.8) is 0 Å². The Kier molecular flexibility index (Phi) is 5.38. The summed E-state index contributed by atoms with van der Waals surface area (Å²) in [6, 6.07) is 15.0. The van der Waals surface area contributed by atoms with Crippen molar-refractivity contribution >= 4 is 40.1 Å². The zero-order valence-electron chi connectivity index (χ0n) is 14.9. The number of ether oxygens (including phenoxy) is 1. The van der Waals surface area contributed by atoms with Crippen LogP contribution in [0.15, 0.2) is 68.3 Å². The molecule has 6 nitrogen and oxygen atoms in total. The number of esters is 1. The molecule has 0 radical (unpaired) electrons. The molecule has 0 saturated heterocycles. The summed E-state index contributed by atoms with van der Waals surface area (Å²) < 4.78 is 15.7. The van der Waals surface area contributed by atoms with Gasteiger partial charge in [-0.25, -0.2) is 4.79 Å². The van der Waals surface area contributed by atoms with E-state index in [-0.39, 0.29) is 17.3 Å². The van der Waals surface area contributed by atoms with Crippen LogP contribution >= 0.6 is 23.2 Å². The van der Waals surface area contributed by atoms with Crippen LogP contribution in [0, 0.1) is 0 Å². The van der Waals surface area contributed by atoms with E-state index in [4.69, 9.17) is 36.9 Å². The standard InChI is InChI=1S/C21H13Cl2NO5/c22-14-4-1-12(2-5-14)17-9-13-3-6-15(10-18(13)28-21(17)26)27-20(25)8-7-16-11-19(23)24-29-16/h1-6,9-11H,7-8H2. The van der Waals surface area contributed by atoms with Gasteiger partial charge in [-0.1, -0.05) is 40.5 Å². The van der Waals surface area contributed by atoms with E-state index in [0.717, 1.165) is 0 Å². The third-order valence-electron chi connectivity index (χ3n) is 4.20. The van der Waals surface area contributed by atoms with Crippen molar-refractivity contribution in [2.45, 2.75) is 12.8 Å². The SMILES string of the molecule is O=C(CCc1cc(Cl)no1)Oc1ccc2cc(-c3ccc(Cl)cc3)c(=O)oc2c1. The van der Waals surface area contributed by atoms with Gasteiger partial charge >= 0.3 is 11.6 Å². The number of aromatic nitrogens is 1. The second-order valence-electron chi connectivity index (χ2n) is 6.24. The zero-order chi connectivity index (χ0) is 20.4. The van der Waals surface area contributed by atoms with Crippen LogP contribution in [0.3, 0.4) is 0 Å². The minimum Gasteiger partial charge on any atom is -0.426 e. The molecule has 0 aliphatic carbocycles. The number of hydrogen-bond donors (Lipinski definition) is 0. The Morgan fingerprint density at radius 1 is 1.03 bits per heavy atom. The molecule has 2 aromatic heterocycles. The molecule has 0 spiro atoms. The fourth-order valence-corrected chi connectivity index (χ4v) is 3.08. The highest BCUT2D eigenvalue weighted by Crippen LogP contribution is 2.25. The summed E-state index contributed by atoms with van der Waals surface area (Å²) in [4.78, 5) is 24.4. The fraction of sp³-hybridized carbons (Fsp3) is 0.0952. The van der Waals surface area contributed by atoms with Crippen LogP contribution in [0.5, 0.6) is 5.75 Å². The number of hydrogen-bond acceptors (Lipinski definition) is 6. The minimum atomic E-state index is -0.495. The molecule has 0 aliphatic heterocycles. The van der Waals surface area contributed by atoms with E-state index in [9.17, 15) is 9.59 Å². The van der Waals surface area contributed by atoms with Gasteiger partial charge in [0, 0.05) is 29.0 Å². The van der Waals surface area contributed by atoms with Gasteiger partial charge in [0.1, 0.15) is 17.1 Å². The van der Waals surface area contributed by atoms with E-state index in [0.29, 0.717) is 39.3 Å². The van der Waals surface area contributed by atoms with Crippen LogP contribution in [0.2, 0.25) is 10.2 Å². The van der Waals surface area contributed by atoms with E-state index in [1.54, 1.807) is 42.5 Å². The zero-order valence-corrected chi connectivity index (χ0v) is 16.4. The molecular formula is C21H13Cl2NO5. The molecule has 2 aromatic carbocycles. The molecule has 4 rings (SSSR count). The summed E-state index contributed by atoms with van der Waals surface area (Å²) in [5.41, 5.74) is 0.947. The average molecular weight is 430 g/mol. The van der Waals surface area contributed by atoms with Crippen molar-refractivity contribution in [3.05, 3.63) is 81.0 Å². The van der Waals surface area contributed by atoms with Gasteiger partial charge in [0.2, 0.25) is 0 Å². The van der Waals surface area contributed by atoms with E-state index in [2.05, 4.69) is 5.16 Å². The first kappa shape index (κ1) is 19.2. The van der Waals surface area contributed by atoms with Crippen molar-refractivity contribution in [1.29, 1.82) is 0 Å². The average Bonchev–Trinajstić information content (AvgIpc) is 3.12. The van der Waals surface area contributed by atoms with Crippen LogP contribution < -0.4 is 10.4 Å². The van der Waals surface area contributed by atoms with Gasteiger partial charge in [-0.3, -0.25) is 4.79 Å². The van der Waals surface area contributed by atoms with Crippen LogP contribution in [-0.4, -0.2) is 11.1 Å². The van der Waals surface area contributed by atoms with Gasteiger partial charge < -0.3 is 13.7 Å². The summed E-state index contributed by atoms with van der Waals surface area (Å²) in [6.45, 7) is 0. The Morgan fingerprint density at radius 3 is 2.55 bits per heavy atom. The van der Waals surface area contributed by atoms with Gasteiger partial charge in [0.25, 0.3) is 0 Å². The second kappa shape index (κ2) is 8.11. The van der Waals surface area contributed by atoms with Crippen LogP contribution in [0.4, 0.5) is 0 Å². The maximum absolute atomic E-state index is 12.4. The molecule has 0 aliphatic rings. The number of halogens is 2. The quantitative estimate of drug-likeness (QED) is 0.243. The van der Waals surface area contributed by atoms with Crippen molar-refractivity contribution in [2.75, 3.05) is 0 Å². The monoisotopic (exact) mass is 429 g/mol. The van der Waals surface area contributed by atoms with Crippen molar-refractivity contribution in [2.24, 2.45) is 0 Å². The first-order valence-electron chi connectivity index (χ1n) is 8.63. The van der Waals surface area contributed by atoms with Crippen molar-refractivity contribution in [1.82, 2.24) is 5.16 Å². The molecule has 0 amide bonds. The van der Waals surface area contributed by atoms with Gasteiger partial charge in [-0.2, -0.15) is 0 Å². The molecule has 0 bridgehead atoms. The van der Waals surface area contributed by atoms with E-state index in [1.807, 2.05) is 0 Å². The van der Waals surface area contributed by atoms with Gasteiger partial charge in [0.05, 0.1) is 12.0 Å². The predicted molar refractivity (Wildman–Crippen MR) is 108 cm³/mol. The normalized spacial score (nSPS) is 11.0. The maximum atomic E-state index is 12.4. The highest BCUT2D eigenvalue weighted by molar-refractivity contribution is 6.30. The number of nitrogens with zero attached hydrogens (tertiary/aromatic N) is 1. The molecule has 8 heteroatoms. The molecule has 0 fully saturated rings. The predicted octanol–water partition coefficient (Wildman–Crippen LogP) is 5.29. The van der Waals surface area contributed by atoms with Crippen molar-refractivity contribution in [3.8, 4) is 16.9 Å². The number of aryl methyl sites for hydroxylation is 1. The van der Waals surface area contributed by atoms with Crippen molar-refractivity contribution < 1.29 is 18.5 Å². The lowest BCUT2D eigenvalue weighted by atomic mass is 10.1. The maximum Gasteiger partial charge on any atom is 0.344 e. The highest BCUT2D eigenvalue weighted by Gasteiger charge is 2.12. The molecule has 2 heterocycles. The number of carbonyl (C=O) groups excluding carboxylic acids is 1. The molecule has 0 saturated carbocycles. The topological polar surface area (TPSA) is 82.5 Å². The Balaban J connectivity index is 1.51. The lowest BCUT2D eigenvalue weighted by molar-refractivity contribution is -0.134. The Bertz CT molecular complexity index is 1240. The Morgan fingerprint density at radius 2 is 1.83 bits per heavy atom. The van der Waals surface area contributed by atoms with Gasteiger partial charge in [-0.15, -0.1) is 0 Å². The number of rotatable bonds is 5. The Labute approximate surface area is 174 Å². The lowest BCUT2D eigenvalue weighted by Crippen LogP contribution is -2.09.